The van der Waals surface area contributed by atoms with E-state index in [1.165, 1.54) is 11.1 Å². The number of rotatable bonds is 8. The molecule has 0 saturated heterocycles. The van der Waals surface area contributed by atoms with Crippen LogP contribution >= 0.6 is 0 Å². The molecule has 0 bridgehead atoms. The van der Waals surface area contributed by atoms with Crippen LogP contribution in [0.5, 0.6) is 11.5 Å². The minimum atomic E-state index is -0.421. The molecule has 5 heteroatoms. The lowest BCUT2D eigenvalue weighted by atomic mass is 9.63. The van der Waals surface area contributed by atoms with Gasteiger partial charge in [-0.15, -0.1) is 0 Å². The number of hydrogen-bond acceptors (Lipinski definition) is 5. The number of ketones is 2. The van der Waals surface area contributed by atoms with Crippen molar-refractivity contribution in [3.8, 4) is 11.5 Å². The molecule has 0 aromatic heterocycles. The molecule has 0 unspecified atom stereocenters. The summed E-state index contributed by atoms with van der Waals surface area (Å²) in [5.74, 6) is 1.09. The molecule has 3 aromatic carbocycles. The van der Waals surface area contributed by atoms with Crippen LogP contribution in [0.15, 0.2) is 95.3 Å². The largest absolute Gasteiger partial charge is 0.493 e. The van der Waals surface area contributed by atoms with Gasteiger partial charge in [-0.05, 0) is 65.8 Å². The summed E-state index contributed by atoms with van der Waals surface area (Å²) in [5, 5.41) is 0. The Labute approximate surface area is 267 Å². The van der Waals surface area contributed by atoms with Crippen molar-refractivity contribution in [1.29, 1.82) is 0 Å². The number of nitrogens with zero attached hydrogens (tertiary/aromatic N) is 1. The van der Waals surface area contributed by atoms with E-state index in [2.05, 4.69) is 75.9 Å². The summed E-state index contributed by atoms with van der Waals surface area (Å²) in [5.41, 5.74) is 7.82. The predicted molar refractivity (Wildman–Crippen MR) is 178 cm³/mol. The van der Waals surface area contributed by atoms with E-state index < -0.39 is 5.92 Å². The summed E-state index contributed by atoms with van der Waals surface area (Å²) in [6, 6.07) is 24.7. The Morgan fingerprint density at radius 1 is 0.733 bits per heavy atom. The molecular weight excluding hydrogens is 558 g/mol. The molecule has 5 nitrogen and oxygen atoms in total. The lowest BCUT2D eigenvalue weighted by molar-refractivity contribution is -0.119. The summed E-state index contributed by atoms with van der Waals surface area (Å²) in [4.78, 5) is 30.7. The first-order valence-corrected chi connectivity index (χ1v) is 16.1. The van der Waals surface area contributed by atoms with E-state index in [9.17, 15) is 9.59 Å². The van der Waals surface area contributed by atoms with E-state index in [0.717, 1.165) is 59.5 Å². The first-order chi connectivity index (χ1) is 21.4. The van der Waals surface area contributed by atoms with Crippen LogP contribution in [0.25, 0.3) is 0 Å². The van der Waals surface area contributed by atoms with Crippen LogP contribution in [0.4, 0.5) is 0 Å². The van der Waals surface area contributed by atoms with Crippen molar-refractivity contribution < 1.29 is 19.1 Å². The molecule has 1 aliphatic heterocycles. The topological polar surface area (TPSA) is 55.8 Å². The molecule has 0 atom stereocenters. The lowest BCUT2D eigenvalue weighted by Crippen LogP contribution is -2.45. The van der Waals surface area contributed by atoms with Gasteiger partial charge in [0.05, 0.1) is 7.11 Å². The van der Waals surface area contributed by atoms with Crippen molar-refractivity contribution in [2.24, 2.45) is 10.8 Å². The maximum Gasteiger partial charge on any atom is 0.162 e. The predicted octanol–water partition coefficient (Wildman–Crippen LogP) is 8.51. The van der Waals surface area contributed by atoms with Gasteiger partial charge in [0.15, 0.2) is 23.1 Å². The number of allylic oxidation sites excluding steroid dienone is 4. The summed E-state index contributed by atoms with van der Waals surface area (Å²) >= 11 is 0. The van der Waals surface area contributed by atoms with Gasteiger partial charge in [0.25, 0.3) is 0 Å². The van der Waals surface area contributed by atoms with Crippen molar-refractivity contribution in [2.45, 2.75) is 79.2 Å². The van der Waals surface area contributed by atoms with Crippen molar-refractivity contribution in [3.05, 3.63) is 118 Å². The third-order valence-electron chi connectivity index (χ3n) is 9.49. The van der Waals surface area contributed by atoms with E-state index in [4.69, 9.17) is 9.47 Å². The van der Waals surface area contributed by atoms with Crippen LogP contribution in [0.2, 0.25) is 0 Å². The van der Waals surface area contributed by atoms with E-state index in [0.29, 0.717) is 30.9 Å². The molecule has 0 N–H and O–H groups in total. The Morgan fingerprint density at radius 2 is 1.36 bits per heavy atom. The molecule has 6 rings (SSSR count). The van der Waals surface area contributed by atoms with Gasteiger partial charge in [-0.3, -0.25) is 9.59 Å². The fraction of sp³-hybridized carbons (Fsp3) is 0.400. The maximum absolute atomic E-state index is 14.2. The summed E-state index contributed by atoms with van der Waals surface area (Å²) in [6.07, 6.45) is 3.35. The normalized spacial score (nSPS) is 19.4. The van der Waals surface area contributed by atoms with Gasteiger partial charge >= 0.3 is 0 Å². The third kappa shape index (κ3) is 6.36. The van der Waals surface area contributed by atoms with Crippen LogP contribution in [0.3, 0.4) is 0 Å². The highest BCUT2D eigenvalue weighted by Crippen LogP contribution is 2.55. The second-order valence-corrected chi connectivity index (χ2v) is 14.6. The number of methoxy groups -OCH3 is 1. The van der Waals surface area contributed by atoms with E-state index in [-0.39, 0.29) is 22.4 Å². The monoisotopic (exact) mass is 603 g/mol. The molecule has 0 amide bonds. The Bertz CT molecular complexity index is 1640. The Morgan fingerprint density at radius 3 is 1.96 bits per heavy atom. The second-order valence-electron chi connectivity index (χ2n) is 14.6. The second kappa shape index (κ2) is 12.0. The molecule has 3 aromatic rings. The minimum absolute atomic E-state index is 0.138. The average molecular weight is 604 g/mol. The molecule has 0 saturated carbocycles. The van der Waals surface area contributed by atoms with Gasteiger partial charge in [-0.25, -0.2) is 0 Å². The van der Waals surface area contributed by atoms with Crippen LogP contribution in [0.1, 0.15) is 81.5 Å². The molecule has 234 valence electrons. The van der Waals surface area contributed by atoms with Crippen LogP contribution in [-0.4, -0.2) is 30.1 Å². The highest BCUT2D eigenvalue weighted by Gasteiger charge is 2.49. The fourth-order valence-corrected chi connectivity index (χ4v) is 7.48. The van der Waals surface area contributed by atoms with Crippen LogP contribution in [-0.2, 0) is 22.6 Å². The molecular formula is C40H45NO4. The standard InChI is InChI=1S/C40H45NO4/c1-26-11-10-14-28(19-26)25-45-34-16-15-29(20-35(34)44-6)36-37-30(21-39(2,3)23-32(37)42)41(18-17-27-12-8-7-9-13-27)31-22-40(4,5)24-33(43)38(31)36/h7-16,19-20,36H,17-18,21-25H2,1-6H3. The van der Waals surface area contributed by atoms with Gasteiger partial charge in [0.1, 0.15) is 6.61 Å². The van der Waals surface area contributed by atoms with Crippen molar-refractivity contribution in [3.63, 3.8) is 0 Å². The third-order valence-corrected chi connectivity index (χ3v) is 9.49. The number of ether oxygens (including phenoxy) is 2. The first-order valence-electron chi connectivity index (χ1n) is 16.1. The molecule has 2 aliphatic carbocycles. The van der Waals surface area contributed by atoms with Crippen molar-refractivity contribution >= 4 is 11.6 Å². The maximum atomic E-state index is 14.2. The van der Waals surface area contributed by atoms with E-state index in [1.807, 2.05) is 36.4 Å². The minimum Gasteiger partial charge on any atom is -0.493 e. The lowest BCUT2D eigenvalue weighted by Gasteiger charge is -2.49. The Kier molecular flexibility index (Phi) is 8.24. The first kappa shape index (κ1) is 30.9. The quantitative estimate of drug-likeness (QED) is 0.258. The van der Waals surface area contributed by atoms with Crippen LogP contribution < -0.4 is 9.47 Å². The smallest absolute Gasteiger partial charge is 0.162 e. The number of carbonyl (C=O) groups excluding carboxylic acids is 2. The number of benzene rings is 3. The zero-order valence-electron chi connectivity index (χ0n) is 27.5. The van der Waals surface area contributed by atoms with E-state index >= 15 is 0 Å². The highest BCUT2D eigenvalue weighted by molar-refractivity contribution is 6.06. The van der Waals surface area contributed by atoms with Gasteiger partial charge < -0.3 is 14.4 Å². The number of carbonyl (C=O) groups is 2. The average Bonchev–Trinajstić information content (AvgIpc) is 2.98. The number of Topliss-reactive ketones (excluding diaryl/α,β-unsaturated/α-hetero) is 2. The Hall–Kier alpha value is -4.12. The molecule has 1 heterocycles. The fourth-order valence-electron chi connectivity index (χ4n) is 7.48. The van der Waals surface area contributed by atoms with E-state index in [1.54, 1.807) is 7.11 Å². The van der Waals surface area contributed by atoms with Gasteiger partial charge in [-0.2, -0.15) is 0 Å². The zero-order chi connectivity index (χ0) is 31.9. The SMILES string of the molecule is COc1cc(C2C3=C(CC(C)(C)CC3=O)N(CCc3ccccc3)C3=C2C(=O)CC(C)(C)C3)ccc1OCc1cccc(C)c1. The zero-order valence-corrected chi connectivity index (χ0v) is 27.5. The number of hydrogen-bond donors (Lipinski definition) is 0. The van der Waals surface area contributed by atoms with Gasteiger partial charge in [0.2, 0.25) is 0 Å². The van der Waals surface area contributed by atoms with Crippen molar-refractivity contribution in [2.75, 3.05) is 13.7 Å². The van der Waals surface area contributed by atoms with Gasteiger partial charge in [0, 0.05) is 47.8 Å². The van der Waals surface area contributed by atoms with Crippen molar-refractivity contribution in [1.82, 2.24) is 4.90 Å². The summed E-state index contributed by atoms with van der Waals surface area (Å²) in [7, 11) is 1.64. The molecule has 0 radical (unpaired) electrons. The Balaban J connectivity index is 1.44. The highest BCUT2D eigenvalue weighted by atomic mass is 16.5. The molecule has 0 spiro atoms. The van der Waals surface area contributed by atoms with Crippen LogP contribution in [0, 0.1) is 17.8 Å². The number of aryl methyl sites for hydroxylation is 1. The summed E-state index contributed by atoms with van der Waals surface area (Å²) < 4.78 is 12.1. The molecule has 3 aliphatic rings. The molecule has 45 heavy (non-hydrogen) atoms. The molecule has 0 fully saturated rings. The van der Waals surface area contributed by atoms with Gasteiger partial charge in [-0.1, -0.05) is 93.9 Å². The summed E-state index contributed by atoms with van der Waals surface area (Å²) in [6.45, 7) is 12.0.